The third-order valence-corrected chi connectivity index (χ3v) is 3.75. The maximum absolute atomic E-state index is 12.2. The molecule has 0 aromatic carbocycles. The van der Waals surface area contributed by atoms with Gasteiger partial charge in [-0.15, -0.1) is 0 Å². The maximum Gasteiger partial charge on any atom is 0.237 e. The first-order valence-corrected chi connectivity index (χ1v) is 7.18. The molecular formula is C15H31N3O. The van der Waals surface area contributed by atoms with E-state index in [1.54, 1.807) is 0 Å². The number of piperidine rings is 1. The Labute approximate surface area is 117 Å². The van der Waals surface area contributed by atoms with Crippen molar-refractivity contribution in [2.24, 2.45) is 11.1 Å². The van der Waals surface area contributed by atoms with Crippen molar-refractivity contribution < 1.29 is 4.79 Å². The lowest BCUT2D eigenvalue weighted by Gasteiger charge is -2.47. The van der Waals surface area contributed by atoms with Crippen molar-refractivity contribution in [2.75, 3.05) is 0 Å². The van der Waals surface area contributed by atoms with Crippen LogP contribution in [0.3, 0.4) is 0 Å². The SMILES string of the molecule is CC1(C)CC(NC(=O)[C@H](N)C(C)(C)C)CC(C)(C)N1. The number of hydrogen-bond acceptors (Lipinski definition) is 3. The van der Waals surface area contributed by atoms with Crippen LogP contribution in [0.25, 0.3) is 0 Å². The topological polar surface area (TPSA) is 67.2 Å². The van der Waals surface area contributed by atoms with E-state index in [1.165, 1.54) is 0 Å². The molecule has 1 heterocycles. The van der Waals surface area contributed by atoms with E-state index < -0.39 is 6.04 Å². The van der Waals surface area contributed by atoms with Gasteiger partial charge in [0.2, 0.25) is 5.91 Å². The second kappa shape index (κ2) is 5.06. The summed E-state index contributed by atoms with van der Waals surface area (Å²) in [5.41, 5.74) is 5.88. The molecule has 4 N–H and O–H groups in total. The van der Waals surface area contributed by atoms with Crippen molar-refractivity contribution in [3.63, 3.8) is 0 Å². The van der Waals surface area contributed by atoms with Crippen molar-refractivity contribution in [2.45, 2.75) is 84.5 Å². The normalized spacial score (nSPS) is 24.8. The van der Waals surface area contributed by atoms with Gasteiger partial charge in [-0.1, -0.05) is 20.8 Å². The van der Waals surface area contributed by atoms with E-state index in [2.05, 4.69) is 38.3 Å². The Kier molecular flexibility index (Phi) is 4.38. The highest BCUT2D eigenvalue weighted by atomic mass is 16.2. The van der Waals surface area contributed by atoms with Crippen LogP contribution in [0.1, 0.15) is 61.3 Å². The van der Waals surface area contributed by atoms with Gasteiger partial charge in [-0.3, -0.25) is 4.79 Å². The van der Waals surface area contributed by atoms with Crippen molar-refractivity contribution in [1.29, 1.82) is 0 Å². The van der Waals surface area contributed by atoms with Gasteiger partial charge in [-0.25, -0.2) is 0 Å². The molecule has 0 radical (unpaired) electrons. The number of carbonyl (C=O) groups is 1. The van der Waals surface area contributed by atoms with Gasteiger partial charge in [-0.05, 0) is 46.0 Å². The first kappa shape index (κ1) is 16.4. The second-order valence-electron chi connectivity index (χ2n) is 8.35. The lowest BCUT2D eigenvalue weighted by Crippen LogP contribution is -2.63. The summed E-state index contributed by atoms with van der Waals surface area (Å²) in [4.78, 5) is 12.2. The van der Waals surface area contributed by atoms with Crippen LogP contribution in [0.4, 0.5) is 0 Å². The van der Waals surface area contributed by atoms with E-state index >= 15 is 0 Å². The van der Waals surface area contributed by atoms with E-state index in [-0.39, 0.29) is 28.4 Å². The zero-order valence-corrected chi connectivity index (χ0v) is 13.6. The van der Waals surface area contributed by atoms with E-state index in [0.29, 0.717) is 0 Å². The first-order chi connectivity index (χ1) is 8.32. The molecule has 0 aromatic heterocycles. The fraction of sp³-hybridized carbons (Fsp3) is 0.933. The number of rotatable bonds is 2. The Balaban J connectivity index is 2.69. The molecular weight excluding hydrogens is 238 g/mol. The van der Waals surface area contributed by atoms with Gasteiger partial charge in [0.15, 0.2) is 0 Å². The molecule has 4 heteroatoms. The number of nitrogens with two attached hydrogens (primary N) is 1. The maximum atomic E-state index is 12.2. The summed E-state index contributed by atoms with van der Waals surface area (Å²) in [5.74, 6) is -0.0361. The molecule has 0 spiro atoms. The minimum absolute atomic E-state index is 0.0333. The Morgan fingerprint density at radius 3 is 2.00 bits per heavy atom. The molecule has 1 aliphatic rings. The summed E-state index contributed by atoms with van der Waals surface area (Å²) >= 11 is 0. The zero-order valence-electron chi connectivity index (χ0n) is 13.6. The third-order valence-electron chi connectivity index (χ3n) is 3.75. The van der Waals surface area contributed by atoms with Crippen LogP contribution in [0.15, 0.2) is 0 Å². The zero-order chi connectivity index (χ0) is 15.1. The van der Waals surface area contributed by atoms with Crippen molar-refractivity contribution in [3.05, 3.63) is 0 Å². The minimum Gasteiger partial charge on any atom is -0.352 e. The molecule has 1 rings (SSSR count). The third kappa shape index (κ3) is 4.77. The minimum atomic E-state index is -0.464. The summed E-state index contributed by atoms with van der Waals surface area (Å²) < 4.78 is 0. The van der Waals surface area contributed by atoms with E-state index in [4.69, 9.17) is 5.73 Å². The van der Waals surface area contributed by atoms with E-state index in [1.807, 2.05) is 20.8 Å². The molecule has 1 aliphatic heterocycles. The Hall–Kier alpha value is -0.610. The van der Waals surface area contributed by atoms with Crippen molar-refractivity contribution in [3.8, 4) is 0 Å². The molecule has 1 atom stereocenters. The molecule has 0 bridgehead atoms. The smallest absolute Gasteiger partial charge is 0.237 e. The quantitative estimate of drug-likeness (QED) is 0.716. The van der Waals surface area contributed by atoms with Crippen LogP contribution in [0.5, 0.6) is 0 Å². The summed E-state index contributed by atoms with van der Waals surface area (Å²) in [6.45, 7) is 14.7. The summed E-state index contributed by atoms with van der Waals surface area (Å²) in [6, 6.07) is -0.277. The van der Waals surface area contributed by atoms with Crippen molar-refractivity contribution in [1.82, 2.24) is 10.6 Å². The van der Waals surface area contributed by atoms with E-state index in [0.717, 1.165) is 12.8 Å². The van der Waals surface area contributed by atoms with Crippen LogP contribution in [0, 0.1) is 5.41 Å². The van der Waals surface area contributed by atoms with Gasteiger partial charge < -0.3 is 16.4 Å². The molecule has 0 unspecified atom stereocenters. The average Bonchev–Trinajstić information content (AvgIpc) is 2.09. The summed E-state index contributed by atoms with van der Waals surface area (Å²) in [5, 5.41) is 6.74. The lowest BCUT2D eigenvalue weighted by atomic mass is 9.79. The number of carbonyl (C=O) groups excluding carboxylic acids is 1. The van der Waals surface area contributed by atoms with Gasteiger partial charge in [0.25, 0.3) is 0 Å². The molecule has 4 nitrogen and oxygen atoms in total. The van der Waals surface area contributed by atoms with E-state index in [9.17, 15) is 4.79 Å². The van der Waals surface area contributed by atoms with Gasteiger partial charge in [0, 0.05) is 17.1 Å². The summed E-state index contributed by atoms with van der Waals surface area (Å²) in [6.07, 6.45) is 1.86. The fourth-order valence-electron chi connectivity index (χ4n) is 3.11. The monoisotopic (exact) mass is 269 g/mol. The highest BCUT2D eigenvalue weighted by Crippen LogP contribution is 2.28. The number of nitrogens with one attached hydrogen (secondary N) is 2. The summed E-state index contributed by atoms with van der Waals surface area (Å²) in [7, 11) is 0. The van der Waals surface area contributed by atoms with Gasteiger partial charge in [0.1, 0.15) is 0 Å². The van der Waals surface area contributed by atoms with Gasteiger partial charge in [0.05, 0.1) is 6.04 Å². The highest BCUT2D eigenvalue weighted by Gasteiger charge is 2.39. The second-order valence-corrected chi connectivity index (χ2v) is 8.35. The number of amides is 1. The molecule has 0 saturated carbocycles. The van der Waals surface area contributed by atoms with Crippen LogP contribution in [-0.2, 0) is 4.79 Å². The average molecular weight is 269 g/mol. The Bertz CT molecular complexity index is 326. The lowest BCUT2D eigenvalue weighted by molar-refractivity contribution is -0.125. The molecule has 112 valence electrons. The van der Waals surface area contributed by atoms with Crippen LogP contribution >= 0.6 is 0 Å². The highest BCUT2D eigenvalue weighted by molar-refractivity contribution is 5.82. The number of hydrogen-bond donors (Lipinski definition) is 3. The Morgan fingerprint density at radius 1 is 1.21 bits per heavy atom. The van der Waals surface area contributed by atoms with Crippen molar-refractivity contribution >= 4 is 5.91 Å². The molecule has 1 fully saturated rings. The molecule has 1 amide bonds. The first-order valence-electron chi connectivity index (χ1n) is 7.18. The largest absolute Gasteiger partial charge is 0.352 e. The van der Waals surface area contributed by atoms with Crippen LogP contribution in [-0.4, -0.2) is 29.1 Å². The molecule has 19 heavy (non-hydrogen) atoms. The predicted molar refractivity (Wildman–Crippen MR) is 79.9 cm³/mol. The standard InChI is InChI=1S/C15H31N3O/c1-13(2,3)11(16)12(19)17-10-8-14(4,5)18-15(6,7)9-10/h10-11,18H,8-9,16H2,1-7H3,(H,17,19)/t11-/m0/s1. The molecule has 1 saturated heterocycles. The van der Waals surface area contributed by atoms with Gasteiger partial charge in [-0.2, -0.15) is 0 Å². The van der Waals surface area contributed by atoms with Crippen LogP contribution in [0.2, 0.25) is 0 Å². The molecule has 0 aliphatic carbocycles. The fourth-order valence-corrected chi connectivity index (χ4v) is 3.11. The van der Waals surface area contributed by atoms with Gasteiger partial charge >= 0.3 is 0 Å². The van der Waals surface area contributed by atoms with Crippen LogP contribution < -0.4 is 16.4 Å². The Morgan fingerprint density at radius 2 is 1.63 bits per heavy atom. The molecule has 0 aromatic rings. The predicted octanol–water partition coefficient (Wildman–Crippen LogP) is 1.79.